The van der Waals surface area contributed by atoms with Crippen LogP contribution in [0.3, 0.4) is 0 Å². The van der Waals surface area contributed by atoms with Gasteiger partial charge in [-0.05, 0) is 30.2 Å². The molecule has 1 heterocycles. The Morgan fingerprint density at radius 2 is 1.95 bits per heavy atom. The average molecular weight is 274 g/mol. The highest BCUT2D eigenvalue weighted by Gasteiger charge is 2.14. The van der Waals surface area contributed by atoms with Gasteiger partial charge in [-0.2, -0.15) is 5.26 Å². The number of aryl methyl sites for hydroxylation is 1. The molecule has 102 valence electrons. The van der Waals surface area contributed by atoms with Gasteiger partial charge in [0.05, 0.1) is 11.6 Å². The number of aromatic amines is 1. The van der Waals surface area contributed by atoms with E-state index >= 15 is 0 Å². The van der Waals surface area contributed by atoms with Crippen molar-refractivity contribution in [3.8, 4) is 6.07 Å². The lowest BCUT2D eigenvalue weighted by Gasteiger charge is -2.02. The van der Waals surface area contributed by atoms with Crippen LogP contribution in [0.1, 0.15) is 34.0 Å². The Hall–Kier alpha value is -2.86. The number of nitrogens with one attached hydrogen (secondary N) is 1. The summed E-state index contributed by atoms with van der Waals surface area (Å²) in [4.78, 5) is 15.7. The second-order valence-corrected chi connectivity index (χ2v) is 4.95. The third-order valence-corrected chi connectivity index (χ3v) is 3.68. The summed E-state index contributed by atoms with van der Waals surface area (Å²) in [5.41, 5.74) is 3.89. The largest absolute Gasteiger partial charge is 0.360 e. The van der Waals surface area contributed by atoms with Crippen LogP contribution in [0, 0.1) is 11.3 Å². The van der Waals surface area contributed by atoms with Gasteiger partial charge in [-0.1, -0.05) is 31.2 Å². The summed E-state index contributed by atoms with van der Waals surface area (Å²) >= 11 is 0. The van der Waals surface area contributed by atoms with Gasteiger partial charge in [-0.3, -0.25) is 4.79 Å². The highest BCUT2D eigenvalue weighted by molar-refractivity contribution is 6.16. The van der Waals surface area contributed by atoms with Crippen LogP contribution in [0.5, 0.6) is 0 Å². The van der Waals surface area contributed by atoms with E-state index in [9.17, 15) is 4.79 Å². The molecule has 3 nitrogen and oxygen atoms in total. The molecule has 0 aliphatic carbocycles. The molecule has 0 atom stereocenters. The molecule has 0 unspecified atom stereocenters. The van der Waals surface area contributed by atoms with Crippen LogP contribution >= 0.6 is 0 Å². The molecule has 0 spiro atoms. The number of carbonyl (C=O) groups is 1. The summed E-state index contributed by atoms with van der Waals surface area (Å²) in [6.07, 6.45) is 2.66. The van der Waals surface area contributed by atoms with Crippen molar-refractivity contribution < 1.29 is 4.79 Å². The van der Waals surface area contributed by atoms with Gasteiger partial charge in [-0.15, -0.1) is 0 Å². The number of H-pyrrole nitrogens is 1. The number of hydrogen-bond acceptors (Lipinski definition) is 2. The minimum atomic E-state index is -0.0287. The molecule has 0 radical (unpaired) electrons. The molecule has 0 saturated carbocycles. The number of benzene rings is 2. The number of hydrogen-bond donors (Lipinski definition) is 1. The maximum atomic E-state index is 12.6. The maximum absolute atomic E-state index is 12.6. The van der Waals surface area contributed by atoms with E-state index in [1.54, 1.807) is 18.3 Å². The van der Waals surface area contributed by atoms with Gasteiger partial charge in [0.1, 0.15) is 0 Å². The summed E-state index contributed by atoms with van der Waals surface area (Å²) in [6.45, 7) is 2.08. The van der Waals surface area contributed by atoms with Gasteiger partial charge in [0, 0.05) is 28.2 Å². The lowest BCUT2D eigenvalue weighted by molar-refractivity contribution is 0.104. The molecule has 3 rings (SSSR count). The van der Waals surface area contributed by atoms with E-state index in [0.717, 1.165) is 17.3 Å². The first kappa shape index (κ1) is 13.1. The Morgan fingerprint density at radius 1 is 1.19 bits per heavy atom. The van der Waals surface area contributed by atoms with Crippen molar-refractivity contribution in [3.63, 3.8) is 0 Å². The van der Waals surface area contributed by atoms with E-state index in [1.165, 1.54) is 5.56 Å². The predicted octanol–water partition coefficient (Wildman–Crippen LogP) is 3.83. The molecule has 2 aromatic carbocycles. The Labute approximate surface area is 122 Å². The number of nitriles is 1. The monoisotopic (exact) mass is 274 g/mol. The van der Waals surface area contributed by atoms with Crippen LogP contribution in [0.2, 0.25) is 0 Å². The van der Waals surface area contributed by atoms with Crippen molar-refractivity contribution >= 4 is 16.7 Å². The first-order chi connectivity index (χ1) is 10.2. The van der Waals surface area contributed by atoms with E-state index in [1.807, 2.05) is 30.3 Å². The van der Waals surface area contributed by atoms with Crippen LogP contribution in [-0.2, 0) is 6.42 Å². The molecule has 1 N–H and O–H groups in total. The molecule has 3 heteroatoms. The highest BCUT2D eigenvalue weighted by Crippen LogP contribution is 2.22. The Bertz CT molecular complexity index is 851. The van der Waals surface area contributed by atoms with Crippen molar-refractivity contribution in [2.75, 3.05) is 0 Å². The summed E-state index contributed by atoms with van der Waals surface area (Å²) in [5, 5.41) is 9.78. The smallest absolute Gasteiger partial charge is 0.195 e. The molecular formula is C18H14N2O. The number of rotatable bonds is 3. The quantitative estimate of drug-likeness (QED) is 0.738. The first-order valence-corrected chi connectivity index (χ1v) is 6.88. The molecule has 1 aromatic heterocycles. The van der Waals surface area contributed by atoms with Crippen LogP contribution in [-0.4, -0.2) is 10.8 Å². The number of ketones is 1. The van der Waals surface area contributed by atoms with Crippen molar-refractivity contribution in [1.29, 1.82) is 5.26 Å². The summed E-state index contributed by atoms with van der Waals surface area (Å²) in [5.74, 6) is -0.0287. The normalized spacial score (nSPS) is 10.5. The fourth-order valence-corrected chi connectivity index (χ4v) is 2.43. The van der Waals surface area contributed by atoms with E-state index in [-0.39, 0.29) is 5.78 Å². The first-order valence-electron chi connectivity index (χ1n) is 6.88. The third-order valence-electron chi connectivity index (χ3n) is 3.68. The fourth-order valence-electron chi connectivity index (χ4n) is 2.43. The molecule has 0 bridgehead atoms. The van der Waals surface area contributed by atoms with Crippen molar-refractivity contribution in [2.45, 2.75) is 13.3 Å². The standard InChI is InChI=1S/C18H14N2O/c1-2-12-3-6-14(7-4-12)18(21)16-11-20-17-8-5-13(10-19)9-15(16)17/h3-9,11,20H,2H2,1H3. The maximum Gasteiger partial charge on any atom is 0.195 e. The topological polar surface area (TPSA) is 56.6 Å². The molecule has 3 aromatic rings. The number of nitrogens with zero attached hydrogens (tertiary/aromatic N) is 1. The lowest BCUT2D eigenvalue weighted by atomic mass is 10.0. The highest BCUT2D eigenvalue weighted by atomic mass is 16.1. The minimum Gasteiger partial charge on any atom is -0.360 e. The van der Waals surface area contributed by atoms with Crippen molar-refractivity contribution in [1.82, 2.24) is 4.98 Å². The van der Waals surface area contributed by atoms with Gasteiger partial charge in [0.25, 0.3) is 0 Å². The number of carbonyl (C=O) groups excluding carboxylic acids is 1. The zero-order valence-electron chi connectivity index (χ0n) is 11.7. The summed E-state index contributed by atoms with van der Waals surface area (Å²) in [6, 6.07) is 15.1. The molecule has 0 aliphatic heterocycles. The van der Waals surface area contributed by atoms with E-state index in [2.05, 4.69) is 18.0 Å². The minimum absolute atomic E-state index is 0.0287. The van der Waals surface area contributed by atoms with Crippen LogP contribution in [0.25, 0.3) is 10.9 Å². The van der Waals surface area contributed by atoms with Crippen LogP contribution in [0.15, 0.2) is 48.7 Å². The molecule has 0 aliphatic rings. The third kappa shape index (κ3) is 2.32. The molecule has 21 heavy (non-hydrogen) atoms. The molecule has 0 fully saturated rings. The zero-order valence-corrected chi connectivity index (χ0v) is 11.7. The summed E-state index contributed by atoms with van der Waals surface area (Å²) < 4.78 is 0. The molecule has 0 amide bonds. The zero-order chi connectivity index (χ0) is 14.8. The lowest BCUT2D eigenvalue weighted by Crippen LogP contribution is -2.00. The predicted molar refractivity (Wildman–Crippen MR) is 82.3 cm³/mol. The van der Waals surface area contributed by atoms with Gasteiger partial charge < -0.3 is 4.98 Å². The second kappa shape index (κ2) is 5.26. The summed E-state index contributed by atoms with van der Waals surface area (Å²) in [7, 11) is 0. The van der Waals surface area contributed by atoms with Crippen LogP contribution in [0.4, 0.5) is 0 Å². The van der Waals surface area contributed by atoms with Crippen LogP contribution < -0.4 is 0 Å². The second-order valence-electron chi connectivity index (χ2n) is 4.95. The van der Waals surface area contributed by atoms with Gasteiger partial charge in [0.2, 0.25) is 0 Å². The van der Waals surface area contributed by atoms with E-state index < -0.39 is 0 Å². The molecular weight excluding hydrogens is 260 g/mol. The Kier molecular flexibility index (Phi) is 3.29. The van der Waals surface area contributed by atoms with E-state index in [4.69, 9.17) is 5.26 Å². The Morgan fingerprint density at radius 3 is 2.62 bits per heavy atom. The Balaban J connectivity index is 2.06. The van der Waals surface area contributed by atoms with E-state index in [0.29, 0.717) is 16.7 Å². The number of aromatic nitrogens is 1. The molecule has 0 saturated heterocycles. The van der Waals surface area contributed by atoms with Gasteiger partial charge >= 0.3 is 0 Å². The van der Waals surface area contributed by atoms with Crippen molar-refractivity contribution in [2.24, 2.45) is 0 Å². The number of fused-ring (bicyclic) bond motifs is 1. The SMILES string of the molecule is CCc1ccc(C(=O)c2c[nH]c3ccc(C#N)cc23)cc1. The fraction of sp³-hybridized carbons (Fsp3) is 0.111. The van der Waals surface area contributed by atoms with Gasteiger partial charge in [0.15, 0.2) is 5.78 Å². The average Bonchev–Trinajstić information content (AvgIpc) is 2.97. The van der Waals surface area contributed by atoms with Crippen molar-refractivity contribution in [3.05, 3.63) is 70.9 Å². The van der Waals surface area contributed by atoms with Gasteiger partial charge in [-0.25, -0.2) is 0 Å².